The van der Waals surface area contributed by atoms with Crippen molar-refractivity contribution in [3.05, 3.63) is 23.3 Å². The molecule has 0 heterocycles. The molecule has 0 aromatic rings. The molecule has 3 fully saturated rings. The SMILES string of the molecule is CC1=C[C@]23C(=O)C(C=C(CO)[C@@H](O)[C@]2(O)[C@H]1OC(=O)C1C(C)(C)C1(C)C)[C@H]1[C@@H](C[C@H]3C)C1(C)C. The molecule has 1 spiro atoms. The lowest BCUT2D eigenvalue weighted by molar-refractivity contribution is -0.204. The lowest BCUT2D eigenvalue weighted by atomic mass is 9.59. The molecule has 5 rings (SSSR count). The minimum atomic E-state index is -2.07. The summed E-state index contributed by atoms with van der Waals surface area (Å²) in [7, 11) is 0. The van der Waals surface area contributed by atoms with Crippen LogP contribution in [0, 0.1) is 51.2 Å². The molecule has 3 saturated carbocycles. The quantitative estimate of drug-likeness (QED) is 0.431. The van der Waals surface area contributed by atoms with Crippen LogP contribution >= 0.6 is 0 Å². The molecular weight excluding hydrogens is 432 g/mol. The molecule has 0 aromatic carbocycles. The Hall–Kier alpha value is -1.50. The number of allylic oxidation sites excluding steroid dienone is 1. The van der Waals surface area contributed by atoms with E-state index < -0.39 is 41.7 Å². The first-order valence-corrected chi connectivity index (χ1v) is 12.7. The second kappa shape index (κ2) is 6.63. The third kappa shape index (κ3) is 2.48. The Kier molecular flexibility index (Phi) is 4.72. The molecule has 0 amide bonds. The van der Waals surface area contributed by atoms with Gasteiger partial charge in [0.2, 0.25) is 0 Å². The van der Waals surface area contributed by atoms with Gasteiger partial charge in [0.25, 0.3) is 0 Å². The number of Topliss-reactive ketones (excluding diaryl/α,β-unsaturated/α-hetero) is 1. The van der Waals surface area contributed by atoms with Gasteiger partial charge >= 0.3 is 5.97 Å². The second-order valence-corrected chi connectivity index (χ2v) is 13.6. The van der Waals surface area contributed by atoms with Crippen molar-refractivity contribution in [2.24, 2.45) is 51.2 Å². The monoisotopic (exact) mass is 472 g/mol. The summed E-state index contributed by atoms with van der Waals surface area (Å²) in [5.41, 5.74) is -3.17. The summed E-state index contributed by atoms with van der Waals surface area (Å²) >= 11 is 0. The van der Waals surface area contributed by atoms with Crippen LogP contribution < -0.4 is 0 Å². The fourth-order valence-electron chi connectivity index (χ4n) is 8.56. The Labute approximate surface area is 202 Å². The Bertz CT molecular complexity index is 1020. The van der Waals surface area contributed by atoms with E-state index in [9.17, 15) is 24.9 Å². The van der Waals surface area contributed by atoms with Gasteiger partial charge in [0.05, 0.1) is 17.9 Å². The molecule has 1 unspecified atom stereocenters. The Balaban J connectivity index is 1.62. The average molecular weight is 473 g/mol. The maximum atomic E-state index is 14.3. The predicted molar refractivity (Wildman–Crippen MR) is 126 cm³/mol. The van der Waals surface area contributed by atoms with Crippen LogP contribution in [0.1, 0.15) is 61.8 Å². The topological polar surface area (TPSA) is 104 Å². The third-order valence-corrected chi connectivity index (χ3v) is 11.4. The van der Waals surface area contributed by atoms with Crippen molar-refractivity contribution in [1.29, 1.82) is 0 Å². The number of hydrogen-bond donors (Lipinski definition) is 3. The minimum Gasteiger partial charge on any atom is -0.454 e. The molecule has 0 aromatic heterocycles. The first-order valence-electron chi connectivity index (χ1n) is 12.7. The summed E-state index contributed by atoms with van der Waals surface area (Å²) in [5.74, 6) is -1.25. The van der Waals surface area contributed by atoms with Gasteiger partial charge in [0.1, 0.15) is 6.10 Å². The highest BCUT2D eigenvalue weighted by Crippen LogP contribution is 2.72. The number of carbonyl (C=O) groups excluding carboxylic acids is 2. The normalized spacial score (nSPS) is 47.4. The summed E-state index contributed by atoms with van der Waals surface area (Å²) in [5, 5.41) is 34.2. The average Bonchev–Trinajstić information content (AvgIpc) is 3.39. The van der Waals surface area contributed by atoms with E-state index >= 15 is 0 Å². The van der Waals surface area contributed by atoms with Crippen molar-refractivity contribution in [3.8, 4) is 0 Å². The van der Waals surface area contributed by atoms with Crippen molar-refractivity contribution in [3.63, 3.8) is 0 Å². The molecule has 5 aliphatic carbocycles. The Morgan fingerprint density at radius 1 is 1.15 bits per heavy atom. The summed E-state index contributed by atoms with van der Waals surface area (Å²) in [4.78, 5) is 27.7. The fraction of sp³-hybridized carbons (Fsp3) is 0.786. The van der Waals surface area contributed by atoms with E-state index in [0.29, 0.717) is 11.5 Å². The highest BCUT2D eigenvalue weighted by Gasteiger charge is 2.77. The highest BCUT2D eigenvalue weighted by molar-refractivity contribution is 5.95. The van der Waals surface area contributed by atoms with Gasteiger partial charge in [-0.15, -0.1) is 0 Å². The zero-order valence-electron chi connectivity index (χ0n) is 21.7. The molecule has 34 heavy (non-hydrogen) atoms. The van der Waals surface area contributed by atoms with E-state index in [0.717, 1.165) is 6.42 Å². The fourth-order valence-corrected chi connectivity index (χ4v) is 8.56. The standard InChI is InChI=1S/C28H40O6/c1-13-11-27-14(2)9-17-18(24(17,3)4)16(21(27)31)10-15(12-29)20(30)28(27,33)22(13)34-23(32)19-25(5,6)26(19,7)8/h10-11,14,16-20,22,29-30,33H,9,12H2,1-8H3/t14-,16?,17-,18+,20-,22+,27+,28+/m1/s1. The summed E-state index contributed by atoms with van der Waals surface area (Å²) in [6, 6.07) is 0. The van der Waals surface area contributed by atoms with Crippen LogP contribution in [0.15, 0.2) is 23.3 Å². The number of carbonyl (C=O) groups is 2. The number of aliphatic hydroxyl groups is 3. The van der Waals surface area contributed by atoms with Crippen molar-refractivity contribution in [1.82, 2.24) is 0 Å². The van der Waals surface area contributed by atoms with E-state index in [-0.39, 0.29) is 45.4 Å². The van der Waals surface area contributed by atoms with Crippen LogP contribution in [-0.2, 0) is 14.3 Å². The highest BCUT2D eigenvalue weighted by atomic mass is 16.6. The molecule has 0 aliphatic heterocycles. The first kappa shape index (κ1) is 24.2. The van der Waals surface area contributed by atoms with Crippen molar-refractivity contribution in [2.45, 2.75) is 79.6 Å². The second-order valence-electron chi connectivity index (χ2n) is 13.6. The van der Waals surface area contributed by atoms with E-state index in [1.54, 1.807) is 19.1 Å². The van der Waals surface area contributed by atoms with E-state index in [1.807, 2.05) is 34.6 Å². The van der Waals surface area contributed by atoms with Crippen LogP contribution in [0.25, 0.3) is 0 Å². The number of aliphatic hydroxyl groups excluding tert-OH is 2. The molecular formula is C28H40O6. The van der Waals surface area contributed by atoms with Crippen LogP contribution in [0.3, 0.4) is 0 Å². The number of fused-ring (bicyclic) bond motifs is 3. The maximum absolute atomic E-state index is 14.3. The zero-order valence-corrected chi connectivity index (χ0v) is 21.7. The number of hydrogen-bond acceptors (Lipinski definition) is 6. The molecule has 188 valence electrons. The van der Waals surface area contributed by atoms with E-state index in [2.05, 4.69) is 13.8 Å². The lowest BCUT2D eigenvalue weighted by Gasteiger charge is -2.48. The number of rotatable bonds is 3. The van der Waals surface area contributed by atoms with Gasteiger partial charge in [0.15, 0.2) is 17.5 Å². The smallest absolute Gasteiger partial charge is 0.310 e. The Morgan fingerprint density at radius 2 is 1.74 bits per heavy atom. The van der Waals surface area contributed by atoms with Gasteiger partial charge in [-0.25, -0.2) is 0 Å². The molecule has 5 aliphatic rings. The minimum absolute atomic E-state index is 0.0208. The van der Waals surface area contributed by atoms with Crippen molar-refractivity contribution in [2.75, 3.05) is 6.61 Å². The van der Waals surface area contributed by atoms with Gasteiger partial charge in [-0.3, -0.25) is 9.59 Å². The molecule has 0 saturated heterocycles. The van der Waals surface area contributed by atoms with E-state index in [1.165, 1.54) is 0 Å². The van der Waals surface area contributed by atoms with Gasteiger partial charge < -0.3 is 20.1 Å². The molecule has 3 N–H and O–H groups in total. The molecule has 6 nitrogen and oxygen atoms in total. The molecule has 2 bridgehead atoms. The summed E-state index contributed by atoms with van der Waals surface area (Å²) < 4.78 is 6.03. The van der Waals surface area contributed by atoms with Crippen LogP contribution in [0.5, 0.6) is 0 Å². The lowest BCUT2D eigenvalue weighted by Crippen LogP contribution is -2.66. The first-order chi connectivity index (χ1) is 15.5. The molecule has 0 radical (unpaired) electrons. The molecule has 6 heteroatoms. The van der Waals surface area contributed by atoms with Gasteiger partial charge in [0, 0.05) is 5.92 Å². The maximum Gasteiger partial charge on any atom is 0.310 e. The number of esters is 1. The van der Waals surface area contributed by atoms with Gasteiger partial charge in [-0.1, -0.05) is 60.6 Å². The summed E-state index contributed by atoms with van der Waals surface area (Å²) in [6.45, 7) is 15.7. The van der Waals surface area contributed by atoms with Gasteiger partial charge in [-0.2, -0.15) is 0 Å². The summed E-state index contributed by atoms with van der Waals surface area (Å²) in [6.07, 6.45) is 1.53. The van der Waals surface area contributed by atoms with Crippen LogP contribution in [0.4, 0.5) is 0 Å². The van der Waals surface area contributed by atoms with E-state index in [4.69, 9.17) is 4.74 Å². The molecule has 8 atom stereocenters. The Morgan fingerprint density at radius 3 is 2.26 bits per heavy atom. The van der Waals surface area contributed by atoms with Crippen LogP contribution in [0.2, 0.25) is 0 Å². The van der Waals surface area contributed by atoms with Crippen LogP contribution in [-0.4, -0.2) is 51.5 Å². The number of ketones is 1. The van der Waals surface area contributed by atoms with Gasteiger partial charge in [-0.05, 0) is 58.5 Å². The van der Waals surface area contributed by atoms with Crippen molar-refractivity contribution >= 4 is 11.8 Å². The largest absolute Gasteiger partial charge is 0.454 e. The predicted octanol–water partition coefficient (Wildman–Crippen LogP) is 3.05. The number of ether oxygens (including phenoxy) is 1. The zero-order chi connectivity index (χ0) is 25.4. The van der Waals surface area contributed by atoms with Crippen molar-refractivity contribution < 1.29 is 29.6 Å². The third-order valence-electron chi connectivity index (χ3n) is 11.4.